The van der Waals surface area contributed by atoms with Crippen LogP contribution in [0.2, 0.25) is 0 Å². The second-order valence-corrected chi connectivity index (χ2v) is 5.60. The molecule has 0 unspecified atom stereocenters. The van der Waals surface area contributed by atoms with Crippen molar-refractivity contribution in [3.8, 4) is 5.75 Å². The molecule has 102 valence electrons. The summed E-state index contributed by atoms with van der Waals surface area (Å²) < 4.78 is 5.58. The van der Waals surface area contributed by atoms with Gasteiger partial charge in [-0.2, -0.15) is 0 Å². The lowest BCUT2D eigenvalue weighted by Crippen LogP contribution is -2.43. The minimum absolute atomic E-state index is 0.0172. The summed E-state index contributed by atoms with van der Waals surface area (Å²) in [6, 6.07) is 7.44. The molecule has 2 aliphatic heterocycles. The Balaban J connectivity index is 1.65. The number of fused-ring (bicyclic) bond motifs is 2. The predicted octanol–water partition coefficient (Wildman–Crippen LogP) is 2.17. The summed E-state index contributed by atoms with van der Waals surface area (Å²) in [4.78, 5) is 14.4. The number of phenolic OH excluding ortho intramolecular Hbond substituents is 1. The van der Waals surface area contributed by atoms with E-state index in [2.05, 4.69) is 11.9 Å². The smallest absolute Gasteiger partial charge is 0.338 e. The van der Waals surface area contributed by atoms with E-state index in [1.165, 1.54) is 18.9 Å². The van der Waals surface area contributed by atoms with Gasteiger partial charge in [0.15, 0.2) is 0 Å². The van der Waals surface area contributed by atoms with E-state index in [-0.39, 0.29) is 17.8 Å². The monoisotopic (exact) mass is 261 g/mol. The highest BCUT2D eigenvalue weighted by molar-refractivity contribution is 5.89. The van der Waals surface area contributed by atoms with Gasteiger partial charge in [0, 0.05) is 24.9 Å². The highest BCUT2D eigenvalue weighted by Crippen LogP contribution is 2.35. The number of carbonyl (C=O) groups is 1. The molecule has 0 radical (unpaired) electrons. The number of hydrogen-bond donors (Lipinski definition) is 1. The summed E-state index contributed by atoms with van der Waals surface area (Å²) in [6.07, 6.45) is 4.29. The van der Waals surface area contributed by atoms with E-state index in [1.54, 1.807) is 18.2 Å². The van der Waals surface area contributed by atoms with Crippen molar-refractivity contribution >= 4 is 5.97 Å². The predicted molar refractivity (Wildman–Crippen MR) is 71.1 cm³/mol. The van der Waals surface area contributed by atoms with Gasteiger partial charge in [0.2, 0.25) is 0 Å². The Bertz CT molecular complexity index is 474. The molecule has 1 N–H and O–H groups in total. The topological polar surface area (TPSA) is 49.8 Å². The van der Waals surface area contributed by atoms with E-state index in [9.17, 15) is 9.90 Å². The lowest BCUT2D eigenvalue weighted by molar-refractivity contribution is -0.000480. The molecule has 0 amide bonds. The molecule has 2 aliphatic rings. The Hall–Kier alpha value is -1.55. The van der Waals surface area contributed by atoms with Crippen LogP contribution in [0.4, 0.5) is 0 Å². The van der Waals surface area contributed by atoms with Crippen LogP contribution in [0, 0.1) is 0 Å². The summed E-state index contributed by atoms with van der Waals surface area (Å²) in [5.41, 5.74) is 0.422. The lowest BCUT2D eigenvalue weighted by atomic mass is 10.0. The largest absolute Gasteiger partial charge is 0.508 e. The minimum Gasteiger partial charge on any atom is -0.508 e. The van der Waals surface area contributed by atoms with Gasteiger partial charge in [-0.15, -0.1) is 0 Å². The third-order valence-electron chi connectivity index (χ3n) is 4.41. The molecule has 0 aromatic heterocycles. The first kappa shape index (κ1) is 12.5. The number of aromatic hydroxyl groups is 1. The van der Waals surface area contributed by atoms with Crippen LogP contribution in [0.15, 0.2) is 24.3 Å². The fourth-order valence-electron chi connectivity index (χ4n) is 3.31. The average molecular weight is 261 g/mol. The first-order valence-corrected chi connectivity index (χ1v) is 6.85. The van der Waals surface area contributed by atoms with Crippen LogP contribution >= 0.6 is 0 Å². The molecule has 2 saturated heterocycles. The van der Waals surface area contributed by atoms with Gasteiger partial charge in [-0.3, -0.25) is 0 Å². The highest BCUT2D eigenvalue weighted by Gasteiger charge is 2.39. The SMILES string of the molecule is CN1[C@H]2CC[C@H]1CC(OC(=O)c1cccc(O)c1)C2. The molecular weight excluding hydrogens is 242 g/mol. The van der Waals surface area contributed by atoms with Crippen LogP contribution < -0.4 is 0 Å². The van der Waals surface area contributed by atoms with Gasteiger partial charge < -0.3 is 14.7 Å². The Morgan fingerprint density at radius 3 is 2.63 bits per heavy atom. The van der Waals surface area contributed by atoms with E-state index in [1.807, 2.05) is 0 Å². The maximum atomic E-state index is 12.0. The average Bonchev–Trinajstić information content (AvgIpc) is 2.62. The van der Waals surface area contributed by atoms with Crippen molar-refractivity contribution < 1.29 is 14.6 Å². The molecule has 4 nitrogen and oxygen atoms in total. The third kappa shape index (κ3) is 2.45. The Morgan fingerprint density at radius 1 is 1.32 bits per heavy atom. The van der Waals surface area contributed by atoms with Gasteiger partial charge >= 0.3 is 5.97 Å². The number of nitrogens with zero attached hydrogens (tertiary/aromatic N) is 1. The summed E-state index contributed by atoms with van der Waals surface area (Å²) in [5.74, 6) is -0.234. The normalized spacial score (nSPS) is 30.3. The maximum absolute atomic E-state index is 12.0. The van der Waals surface area contributed by atoms with Crippen molar-refractivity contribution in [3.05, 3.63) is 29.8 Å². The van der Waals surface area contributed by atoms with Crippen LogP contribution in [0.25, 0.3) is 0 Å². The van der Waals surface area contributed by atoms with Gasteiger partial charge in [-0.25, -0.2) is 4.79 Å². The number of benzene rings is 1. The zero-order chi connectivity index (χ0) is 13.4. The molecule has 0 aliphatic carbocycles. The molecule has 1 aromatic carbocycles. The van der Waals surface area contributed by atoms with Crippen molar-refractivity contribution in [3.63, 3.8) is 0 Å². The van der Waals surface area contributed by atoms with Crippen molar-refractivity contribution in [2.45, 2.75) is 43.9 Å². The van der Waals surface area contributed by atoms with E-state index >= 15 is 0 Å². The molecule has 1 aromatic rings. The van der Waals surface area contributed by atoms with Gasteiger partial charge in [-0.1, -0.05) is 6.07 Å². The zero-order valence-electron chi connectivity index (χ0n) is 11.1. The van der Waals surface area contributed by atoms with E-state index in [0.29, 0.717) is 17.6 Å². The van der Waals surface area contributed by atoms with Crippen LogP contribution in [0.3, 0.4) is 0 Å². The quantitative estimate of drug-likeness (QED) is 0.829. The number of ether oxygens (including phenoxy) is 1. The van der Waals surface area contributed by atoms with E-state index in [4.69, 9.17) is 4.74 Å². The Kier molecular flexibility index (Phi) is 3.19. The minimum atomic E-state index is -0.329. The molecule has 4 heteroatoms. The van der Waals surface area contributed by atoms with Gasteiger partial charge in [-0.05, 0) is 38.1 Å². The Labute approximate surface area is 113 Å². The zero-order valence-corrected chi connectivity index (χ0v) is 11.1. The molecule has 0 spiro atoms. The first-order chi connectivity index (χ1) is 9.13. The lowest BCUT2D eigenvalue weighted by Gasteiger charge is -2.35. The number of phenols is 1. The number of rotatable bonds is 2. The van der Waals surface area contributed by atoms with Crippen molar-refractivity contribution in [2.24, 2.45) is 0 Å². The van der Waals surface area contributed by atoms with Crippen molar-refractivity contribution in [1.29, 1.82) is 0 Å². The van der Waals surface area contributed by atoms with E-state index < -0.39 is 0 Å². The van der Waals surface area contributed by atoms with E-state index in [0.717, 1.165) is 12.8 Å². The molecular formula is C15H19NO3. The fraction of sp³-hybridized carbons (Fsp3) is 0.533. The summed E-state index contributed by atoms with van der Waals surface area (Å²) in [6.45, 7) is 0. The molecule has 0 saturated carbocycles. The summed E-state index contributed by atoms with van der Waals surface area (Å²) in [5, 5.41) is 9.38. The van der Waals surface area contributed by atoms with Crippen LogP contribution in [0.5, 0.6) is 5.75 Å². The van der Waals surface area contributed by atoms with Crippen molar-refractivity contribution in [2.75, 3.05) is 7.05 Å². The fourth-order valence-corrected chi connectivity index (χ4v) is 3.31. The maximum Gasteiger partial charge on any atom is 0.338 e. The molecule has 2 bridgehead atoms. The van der Waals surface area contributed by atoms with Gasteiger partial charge in [0.1, 0.15) is 11.9 Å². The molecule has 19 heavy (non-hydrogen) atoms. The Morgan fingerprint density at radius 2 is 2.00 bits per heavy atom. The standard InChI is InChI=1S/C15H19NO3/c1-16-11-5-6-12(16)9-14(8-11)19-15(18)10-3-2-4-13(17)7-10/h2-4,7,11-12,14,17H,5-6,8-9H2,1H3/t11-,12-/m0/s1. The number of piperidine rings is 1. The third-order valence-corrected chi connectivity index (χ3v) is 4.41. The van der Waals surface area contributed by atoms with Crippen LogP contribution in [0.1, 0.15) is 36.0 Å². The van der Waals surface area contributed by atoms with Crippen molar-refractivity contribution in [1.82, 2.24) is 4.90 Å². The first-order valence-electron chi connectivity index (χ1n) is 6.85. The second kappa shape index (κ2) is 4.85. The van der Waals surface area contributed by atoms with Gasteiger partial charge in [0.05, 0.1) is 5.56 Å². The molecule has 2 atom stereocenters. The molecule has 3 rings (SSSR count). The summed E-state index contributed by atoms with van der Waals surface area (Å²) >= 11 is 0. The van der Waals surface area contributed by atoms with Crippen LogP contribution in [-0.4, -0.2) is 41.2 Å². The number of carbonyl (C=O) groups excluding carboxylic acids is 1. The molecule has 2 fully saturated rings. The highest BCUT2D eigenvalue weighted by atomic mass is 16.5. The second-order valence-electron chi connectivity index (χ2n) is 5.60. The number of esters is 1. The van der Waals surface area contributed by atoms with Crippen LogP contribution in [-0.2, 0) is 4.74 Å². The summed E-state index contributed by atoms with van der Waals surface area (Å²) in [7, 11) is 2.16. The van der Waals surface area contributed by atoms with Gasteiger partial charge in [0.25, 0.3) is 0 Å². The number of hydrogen-bond acceptors (Lipinski definition) is 4. The molecule has 2 heterocycles.